The van der Waals surface area contributed by atoms with Crippen LogP contribution in [0.3, 0.4) is 0 Å². The Kier molecular flexibility index (Phi) is 3.52. The Morgan fingerprint density at radius 1 is 1.39 bits per heavy atom. The number of nitrogens with zero attached hydrogens (tertiary/aromatic N) is 3. The lowest BCUT2D eigenvalue weighted by molar-refractivity contribution is -0.145. The monoisotopic (exact) mass is 248 g/mol. The highest BCUT2D eigenvalue weighted by molar-refractivity contribution is 5.98. The van der Waals surface area contributed by atoms with Gasteiger partial charge < -0.3 is 4.74 Å². The third kappa shape index (κ3) is 2.62. The summed E-state index contributed by atoms with van der Waals surface area (Å²) >= 11 is 0. The van der Waals surface area contributed by atoms with Gasteiger partial charge in [0.05, 0.1) is 6.61 Å². The van der Waals surface area contributed by atoms with Crippen LogP contribution in [0.4, 0.5) is 0 Å². The number of aromatic nitrogens is 3. The van der Waals surface area contributed by atoms with Crippen LogP contribution in [0.1, 0.15) is 13.3 Å². The zero-order valence-corrected chi connectivity index (χ0v) is 9.79. The van der Waals surface area contributed by atoms with E-state index in [2.05, 4.69) is 20.5 Å². The summed E-state index contributed by atoms with van der Waals surface area (Å²) in [4.78, 5) is 23.9. The first-order valence-electron chi connectivity index (χ1n) is 5.46. The van der Waals surface area contributed by atoms with E-state index in [0.29, 0.717) is 11.0 Å². The van der Waals surface area contributed by atoms with Crippen molar-refractivity contribution in [3.05, 3.63) is 24.3 Å². The van der Waals surface area contributed by atoms with Gasteiger partial charge in [-0.25, -0.2) is 5.43 Å². The molecule has 0 fully saturated rings. The lowest BCUT2D eigenvalue weighted by Gasteiger charge is -2.04. The number of carbonyl (C=O) groups is 2. The van der Waals surface area contributed by atoms with Crippen LogP contribution in [-0.4, -0.2) is 33.6 Å². The highest BCUT2D eigenvalue weighted by atomic mass is 16.5. The number of amides is 1. The van der Waals surface area contributed by atoms with Crippen LogP contribution < -0.4 is 5.43 Å². The second kappa shape index (κ2) is 5.26. The van der Waals surface area contributed by atoms with Crippen molar-refractivity contribution in [1.82, 2.24) is 15.1 Å². The number of hydrogen-bond acceptors (Lipinski definition) is 5. The highest BCUT2D eigenvalue weighted by Gasteiger charge is 2.12. The SMILES string of the molecule is CCOC(=O)CC(=O)Nn1nnc2ccccc21. The maximum Gasteiger partial charge on any atom is 0.315 e. The molecule has 1 N–H and O–H groups in total. The van der Waals surface area contributed by atoms with Crippen molar-refractivity contribution in [3.63, 3.8) is 0 Å². The number of para-hydroxylation sites is 1. The van der Waals surface area contributed by atoms with Gasteiger partial charge in [0.1, 0.15) is 17.5 Å². The molecule has 0 atom stereocenters. The number of rotatable bonds is 4. The number of ether oxygens (including phenoxy) is 1. The van der Waals surface area contributed by atoms with Gasteiger partial charge in [0.15, 0.2) is 0 Å². The van der Waals surface area contributed by atoms with Crippen LogP contribution in [0.15, 0.2) is 24.3 Å². The molecule has 94 valence electrons. The number of fused-ring (bicyclic) bond motifs is 1. The molecule has 0 unspecified atom stereocenters. The van der Waals surface area contributed by atoms with Crippen molar-refractivity contribution < 1.29 is 14.3 Å². The molecule has 0 saturated heterocycles. The molecule has 2 rings (SSSR count). The summed E-state index contributed by atoms with van der Waals surface area (Å²) in [6.07, 6.45) is -0.345. The number of hydrogen-bond donors (Lipinski definition) is 1. The Bertz CT molecular complexity index is 578. The summed E-state index contributed by atoms with van der Waals surface area (Å²) in [5.41, 5.74) is 3.78. The molecule has 0 saturated carbocycles. The number of nitrogens with one attached hydrogen (secondary N) is 1. The predicted molar refractivity (Wildman–Crippen MR) is 63.1 cm³/mol. The largest absolute Gasteiger partial charge is 0.466 e. The maximum absolute atomic E-state index is 11.5. The van der Waals surface area contributed by atoms with Crippen LogP contribution in [0.2, 0.25) is 0 Å². The number of esters is 1. The van der Waals surface area contributed by atoms with Gasteiger partial charge in [-0.15, -0.1) is 5.10 Å². The van der Waals surface area contributed by atoms with Crippen molar-refractivity contribution in [2.75, 3.05) is 12.0 Å². The van der Waals surface area contributed by atoms with Crippen LogP contribution in [0.5, 0.6) is 0 Å². The minimum Gasteiger partial charge on any atom is -0.466 e. The van der Waals surface area contributed by atoms with Gasteiger partial charge in [0, 0.05) is 0 Å². The smallest absolute Gasteiger partial charge is 0.315 e. The molecule has 0 spiro atoms. The molecule has 0 aliphatic carbocycles. The van der Waals surface area contributed by atoms with Gasteiger partial charge in [-0.3, -0.25) is 9.59 Å². The fourth-order valence-corrected chi connectivity index (χ4v) is 1.45. The minimum atomic E-state index is -0.570. The zero-order valence-electron chi connectivity index (χ0n) is 9.79. The van der Waals surface area contributed by atoms with Crippen molar-refractivity contribution >= 4 is 22.9 Å². The van der Waals surface area contributed by atoms with E-state index in [1.165, 1.54) is 4.79 Å². The Labute approximate surface area is 103 Å². The lowest BCUT2D eigenvalue weighted by atomic mass is 10.3. The van der Waals surface area contributed by atoms with E-state index in [4.69, 9.17) is 0 Å². The Hall–Kier alpha value is -2.44. The average molecular weight is 248 g/mol. The number of carbonyl (C=O) groups excluding carboxylic acids is 2. The van der Waals surface area contributed by atoms with Crippen molar-refractivity contribution in [2.45, 2.75) is 13.3 Å². The third-order valence-corrected chi connectivity index (χ3v) is 2.19. The van der Waals surface area contributed by atoms with Gasteiger partial charge in [0.25, 0.3) is 5.91 Å². The number of benzene rings is 1. The lowest BCUT2D eigenvalue weighted by Crippen LogP contribution is -2.26. The van der Waals surface area contributed by atoms with E-state index in [0.717, 1.165) is 0 Å². The van der Waals surface area contributed by atoms with Crippen LogP contribution in [-0.2, 0) is 14.3 Å². The summed E-state index contributed by atoms with van der Waals surface area (Å²) in [5, 5.41) is 7.64. The van der Waals surface area contributed by atoms with Crippen molar-refractivity contribution in [3.8, 4) is 0 Å². The quantitative estimate of drug-likeness (QED) is 0.627. The summed E-state index contributed by atoms with van der Waals surface area (Å²) < 4.78 is 4.67. The van der Waals surface area contributed by atoms with E-state index >= 15 is 0 Å². The molecule has 18 heavy (non-hydrogen) atoms. The van der Waals surface area contributed by atoms with Crippen LogP contribution in [0, 0.1) is 0 Å². The first-order valence-corrected chi connectivity index (χ1v) is 5.46. The molecular weight excluding hydrogens is 236 g/mol. The second-order valence-corrected chi connectivity index (χ2v) is 3.51. The van der Waals surface area contributed by atoms with E-state index in [9.17, 15) is 9.59 Å². The topological polar surface area (TPSA) is 86.1 Å². The fourth-order valence-electron chi connectivity index (χ4n) is 1.45. The summed E-state index contributed by atoms with van der Waals surface area (Å²) in [7, 11) is 0. The highest BCUT2D eigenvalue weighted by Crippen LogP contribution is 2.07. The molecule has 1 aromatic carbocycles. The minimum absolute atomic E-state index is 0.248. The van der Waals surface area contributed by atoms with Gasteiger partial charge >= 0.3 is 5.97 Å². The first kappa shape index (κ1) is 12.0. The Morgan fingerprint density at radius 3 is 2.94 bits per heavy atom. The van der Waals surface area contributed by atoms with Gasteiger partial charge in [-0.2, -0.15) is 4.79 Å². The molecule has 0 aliphatic heterocycles. The molecule has 1 heterocycles. The molecule has 0 bridgehead atoms. The van der Waals surface area contributed by atoms with E-state index in [1.807, 2.05) is 6.07 Å². The van der Waals surface area contributed by atoms with E-state index in [-0.39, 0.29) is 13.0 Å². The first-order chi connectivity index (χ1) is 8.70. The third-order valence-electron chi connectivity index (χ3n) is 2.19. The van der Waals surface area contributed by atoms with Crippen molar-refractivity contribution in [1.29, 1.82) is 0 Å². The maximum atomic E-state index is 11.5. The predicted octanol–water partition coefficient (Wildman–Crippen LogP) is 0.455. The summed E-state index contributed by atoms with van der Waals surface area (Å²) in [6.45, 7) is 1.93. The normalized spacial score (nSPS) is 10.3. The van der Waals surface area contributed by atoms with Gasteiger partial charge in [-0.05, 0) is 24.3 Å². The second-order valence-electron chi connectivity index (χ2n) is 3.51. The van der Waals surface area contributed by atoms with Crippen LogP contribution in [0.25, 0.3) is 11.0 Å². The average Bonchev–Trinajstić information content (AvgIpc) is 2.73. The molecular formula is C11H12N4O3. The van der Waals surface area contributed by atoms with Crippen molar-refractivity contribution in [2.24, 2.45) is 0 Å². The van der Waals surface area contributed by atoms with Gasteiger partial charge in [-0.1, -0.05) is 12.1 Å². The molecule has 7 nitrogen and oxygen atoms in total. The Balaban J connectivity index is 2.05. The molecule has 0 aliphatic rings. The molecule has 7 heteroatoms. The standard InChI is InChI=1S/C11H12N4O3/c1-2-18-11(17)7-10(16)13-15-9-6-4-3-5-8(9)12-14-15/h3-6H,2,7H2,1H3,(H,13,16). The van der Waals surface area contributed by atoms with E-state index < -0.39 is 11.9 Å². The molecule has 2 aromatic rings. The fraction of sp³-hybridized carbons (Fsp3) is 0.273. The van der Waals surface area contributed by atoms with Crippen LogP contribution >= 0.6 is 0 Å². The molecule has 1 aromatic heterocycles. The zero-order chi connectivity index (χ0) is 13.0. The Morgan fingerprint density at radius 2 is 2.17 bits per heavy atom. The molecule has 1 amide bonds. The van der Waals surface area contributed by atoms with Gasteiger partial charge in [0.2, 0.25) is 0 Å². The summed E-state index contributed by atoms with van der Waals surface area (Å²) in [5.74, 6) is -1.07. The van der Waals surface area contributed by atoms with E-state index in [1.54, 1.807) is 25.1 Å². The molecule has 0 radical (unpaired) electrons. The summed E-state index contributed by atoms with van der Waals surface area (Å²) in [6, 6.07) is 7.16.